The van der Waals surface area contributed by atoms with Gasteiger partial charge in [-0.1, -0.05) is 351 Å². The lowest BCUT2D eigenvalue weighted by Crippen LogP contribution is -2.47. The smallest absolute Gasteiger partial charge is 0.150 e. The van der Waals surface area contributed by atoms with Crippen LogP contribution in [0.5, 0.6) is 0 Å². The number of sulfone groups is 1. The molecule has 0 aromatic heterocycles. The van der Waals surface area contributed by atoms with Gasteiger partial charge in [-0.05, 0) is 209 Å². The molecule has 0 atom stereocenters. The lowest BCUT2D eigenvalue weighted by molar-refractivity contribution is -0.155. The van der Waals surface area contributed by atoms with Crippen molar-refractivity contribution in [1.82, 2.24) is 21.3 Å². The molecule has 9 heterocycles. The summed E-state index contributed by atoms with van der Waals surface area (Å²) in [5.41, 5.74) is 10.3. The van der Waals surface area contributed by atoms with E-state index in [1.165, 1.54) is 188 Å². The molecular formula is C103H202N4O6S. The van der Waals surface area contributed by atoms with E-state index < -0.39 is 9.84 Å². The van der Waals surface area contributed by atoms with Crippen molar-refractivity contribution in [3.8, 4) is 0 Å². The Hall–Kier alpha value is -2.71. The number of nitrogens with one attached hydrogen (secondary N) is 4. The zero-order valence-corrected chi connectivity index (χ0v) is 82.8. The van der Waals surface area contributed by atoms with Crippen LogP contribution in [0.3, 0.4) is 0 Å². The Balaban J connectivity index is -0.000000370. The molecule has 12 aliphatic rings. The monoisotopic (exact) mass is 1620 g/mol. The molecule has 0 radical (unpaired) electrons. The highest BCUT2D eigenvalue weighted by Gasteiger charge is 2.43. The summed E-state index contributed by atoms with van der Waals surface area (Å²) in [6.45, 7) is 82.3. The van der Waals surface area contributed by atoms with E-state index in [-0.39, 0.29) is 0 Å². The number of rotatable bonds is 0. The van der Waals surface area contributed by atoms with Crippen molar-refractivity contribution in [2.75, 3.05) is 90.5 Å². The van der Waals surface area contributed by atoms with E-state index in [0.717, 1.165) is 176 Å². The molecule has 3 aliphatic carbocycles. The van der Waals surface area contributed by atoms with Gasteiger partial charge in [0.1, 0.15) is 9.84 Å². The van der Waals surface area contributed by atoms with Crippen molar-refractivity contribution in [1.29, 1.82) is 0 Å². The van der Waals surface area contributed by atoms with Crippen LogP contribution in [0.15, 0.2) is 72.8 Å². The van der Waals surface area contributed by atoms with Crippen LogP contribution in [0.25, 0.3) is 0 Å². The first-order chi connectivity index (χ1) is 53.8. The third-order valence-electron chi connectivity index (χ3n) is 16.2. The summed E-state index contributed by atoms with van der Waals surface area (Å²) >= 11 is 0. The van der Waals surface area contributed by atoms with Gasteiger partial charge in [-0.15, -0.1) is 0 Å². The molecule has 3 aromatic rings. The first kappa shape index (κ1) is 120. The predicted molar refractivity (Wildman–Crippen MR) is 512 cm³/mol. The number of ether oxygens (including phenoxy) is 4. The molecule has 6 saturated heterocycles. The normalized spacial score (nSPS) is 18.2. The van der Waals surface area contributed by atoms with E-state index in [0.29, 0.717) is 16.9 Å². The van der Waals surface area contributed by atoms with Crippen LogP contribution in [-0.2, 0) is 67.8 Å². The van der Waals surface area contributed by atoms with Crippen LogP contribution in [0, 0.1) is 70.0 Å². The van der Waals surface area contributed by atoms with Gasteiger partial charge in [0.15, 0.2) is 0 Å². The fourth-order valence-corrected chi connectivity index (χ4v) is 12.1. The highest BCUT2D eigenvalue weighted by Crippen LogP contribution is 2.46. The van der Waals surface area contributed by atoms with Crippen molar-refractivity contribution in [2.24, 2.45) is 70.0 Å². The molecule has 3 saturated carbocycles. The number of hydrogen-bond acceptors (Lipinski definition) is 10. The fourth-order valence-electron chi connectivity index (χ4n) is 10.6. The van der Waals surface area contributed by atoms with Crippen LogP contribution in [-0.4, -0.2) is 99.0 Å². The van der Waals surface area contributed by atoms with Crippen LogP contribution >= 0.6 is 0 Å². The highest BCUT2D eigenvalue weighted by atomic mass is 32.2. The summed E-state index contributed by atoms with van der Waals surface area (Å²) in [6.07, 6.45) is 33.7. The zero-order valence-electron chi connectivity index (χ0n) is 82.0. The Kier molecular flexibility index (Phi) is 86.8. The molecule has 114 heavy (non-hydrogen) atoms. The van der Waals surface area contributed by atoms with Crippen molar-refractivity contribution < 1.29 is 27.4 Å². The molecule has 9 aliphatic heterocycles. The van der Waals surface area contributed by atoms with Crippen LogP contribution in [0.1, 0.15) is 389 Å². The van der Waals surface area contributed by atoms with Crippen LogP contribution in [0.4, 0.5) is 0 Å². The van der Waals surface area contributed by atoms with Gasteiger partial charge >= 0.3 is 0 Å². The molecule has 0 bridgehead atoms. The van der Waals surface area contributed by atoms with Crippen molar-refractivity contribution in [3.63, 3.8) is 0 Å². The van der Waals surface area contributed by atoms with Gasteiger partial charge < -0.3 is 40.2 Å². The Bertz CT molecular complexity index is 2230. The van der Waals surface area contributed by atoms with Crippen molar-refractivity contribution in [2.45, 2.75) is 394 Å². The fraction of sp³-hybridized carbons (Fsp3) is 0.825. The molecular weight excluding hydrogens is 1420 g/mol. The Morgan fingerprint density at radius 2 is 0.474 bits per heavy atom. The first-order valence-electron chi connectivity index (χ1n) is 47.3. The second kappa shape index (κ2) is 82.6. The van der Waals surface area contributed by atoms with Crippen LogP contribution in [0.2, 0.25) is 0 Å². The summed E-state index contributed by atoms with van der Waals surface area (Å²) in [5, 5.41) is 13.1. The van der Waals surface area contributed by atoms with E-state index in [9.17, 15) is 8.42 Å². The zero-order chi connectivity index (χ0) is 87.3. The number of hydrogen-bond donors (Lipinski definition) is 4. The Labute approximate surface area is 715 Å². The molecule has 11 heteroatoms. The summed E-state index contributed by atoms with van der Waals surface area (Å²) < 4.78 is 41.4. The maximum absolute atomic E-state index is 10.7. The lowest BCUT2D eigenvalue weighted by atomic mass is 9.67. The van der Waals surface area contributed by atoms with Gasteiger partial charge in [0, 0.05) is 63.4 Å². The van der Waals surface area contributed by atoms with Gasteiger partial charge in [0.25, 0.3) is 0 Å². The molecule has 676 valence electrons. The van der Waals surface area contributed by atoms with E-state index in [4.69, 9.17) is 18.9 Å². The average Bonchev–Trinajstić information content (AvgIpc) is 1.31. The van der Waals surface area contributed by atoms with E-state index in [1.54, 1.807) is 0 Å². The summed E-state index contributed by atoms with van der Waals surface area (Å²) in [5.74, 6) is 9.18. The third kappa shape index (κ3) is 96.4. The Morgan fingerprint density at radius 3 is 0.675 bits per heavy atom. The third-order valence-corrected chi connectivity index (χ3v) is 18.0. The minimum absolute atomic E-state index is 0.424. The van der Waals surface area contributed by atoms with Gasteiger partial charge in [-0.3, -0.25) is 0 Å². The largest absolute Gasteiger partial charge is 0.381 e. The predicted octanol–water partition coefficient (Wildman–Crippen LogP) is 28.6. The molecule has 0 amide bonds. The minimum Gasteiger partial charge on any atom is -0.381 e. The number of benzene rings is 3. The van der Waals surface area contributed by atoms with E-state index in [2.05, 4.69) is 302 Å². The summed E-state index contributed by atoms with van der Waals surface area (Å²) in [7, 11) is -2.58. The average molecular weight is 1620 g/mol. The maximum atomic E-state index is 10.7. The van der Waals surface area contributed by atoms with Gasteiger partial charge in [-0.25, -0.2) is 8.42 Å². The second-order valence-corrected chi connectivity index (χ2v) is 42.2. The lowest BCUT2D eigenvalue weighted by Gasteiger charge is -2.48. The van der Waals surface area contributed by atoms with E-state index >= 15 is 0 Å². The Morgan fingerprint density at radius 1 is 0.246 bits per heavy atom. The highest BCUT2D eigenvalue weighted by molar-refractivity contribution is 7.91. The SMILES string of the molecule is C1CC2(C1)COC2.C1CCC2(CC1)COC2.C1CCCCC1.C1CCOCC1.C1CNC1.C1COC1.CC(C)C.CC(C)C.CC(C)C.CC(C)C.CC(C)C.CC(C)C.CC(C)C.CC(C)C.CC(C)C.CC(C)C.O=S1(=O)CCCCC1.c1ccc2c(c1)CCCNC2.c1ccc2c(c1)CCNC2.c1ccc2c(c1)CNC2. The number of fused-ring (bicyclic) bond motifs is 3. The first-order valence-corrected chi connectivity index (χ1v) is 49.1. The summed E-state index contributed by atoms with van der Waals surface area (Å²) in [4.78, 5) is 0. The van der Waals surface area contributed by atoms with Gasteiger partial charge in [-0.2, -0.15) is 0 Å². The van der Waals surface area contributed by atoms with Crippen molar-refractivity contribution >= 4 is 9.84 Å². The molecule has 15 rings (SSSR count). The molecule has 10 nitrogen and oxygen atoms in total. The topological polar surface area (TPSA) is 119 Å². The molecule has 0 unspecified atom stereocenters. The van der Waals surface area contributed by atoms with Crippen LogP contribution < -0.4 is 21.3 Å². The van der Waals surface area contributed by atoms with E-state index in [1.807, 2.05) is 0 Å². The number of aryl methyl sites for hydroxylation is 1. The molecule has 2 spiro atoms. The van der Waals surface area contributed by atoms with Crippen molar-refractivity contribution in [3.05, 3.63) is 106 Å². The van der Waals surface area contributed by atoms with Gasteiger partial charge in [0.05, 0.1) is 37.9 Å². The molecule has 3 aromatic carbocycles. The second-order valence-electron chi connectivity index (χ2n) is 39.9. The maximum Gasteiger partial charge on any atom is 0.150 e. The quantitative estimate of drug-likeness (QED) is 0.173. The minimum atomic E-state index is -2.58. The summed E-state index contributed by atoms with van der Waals surface area (Å²) in [6, 6.07) is 25.9. The molecule has 9 fully saturated rings. The van der Waals surface area contributed by atoms with Gasteiger partial charge in [0.2, 0.25) is 0 Å². The molecule has 4 N–H and O–H groups in total. The standard InChI is InChI=1S/C10H13N.C9H11N.C8H9N.C8H14O.C6H10O.C6H12.C5H10O2S.C5H10O.10C4H10.C3H7N.C3H6O/c1-2-5-10-8-11-7-3-6-9(10)4-1;1-2-4-9-7-10-6-5-8(9)3-1;1-2-4-8-6-9-5-7(8)3-1;1-2-4-8(5-3-1)6-9-7-8;1-2-6(3-1)4-7-5-6;1-2-4-6-5-3-1;6-8(7)4-2-1-3-5-8;1-2-4-6-5-3-1;10*1-4(2)3;2*1-2-4-3-1/h1-2,4-5,11H,3,6-8H2;1-4,10H,5-7H2;1-4,9H,5-6H2;1-7H2;1-5H2;1-6H2;1-5H2;1-5H2;10*4H,1-3H3;4H,1-3H2;1-3H2.